The maximum Gasteiger partial charge on any atom is 0.340 e. The average Bonchev–Trinajstić information content (AvgIpc) is 2.03. The van der Waals surface area contributed by atoms with Crippen molar-refractivity contribution in [2.24, 2.45) is 9.98 Å². The molecule has 0 heterocycles. The van der Waals surface area contributed by atoms with Crippen molar-refractivity contribution in [3.05, 3.63) is 11.8 Å². The van der Waals surface area contributed by atoms with E-state index < -0.39 is 5.97 Å². The van der Waals surface area contributed by atoms with Crippen molar-refractivity contribution < 1.29 is 9.53 Å². The normalized spacial score (nSPS) is 11.6. The first-order chi connectivity index (χ1) is 5.26. The molecule has 0 bridgehead atoms. The fourth-order valence-corrected chi connectivity index (χ4v) is 0.494. The molecule has 0 aromatic heterocycles. The fraction of sp³-hybridized carbons (Fsp3) is 0.286. The van der Waals surface area contributed by atoms with E-state index in [9.17, 15) is 4.79 Å². The third kappa shape index (κ3) is 3.30. The van der Waals surface area contributed by atoms with Crippen molar-refractivity contribution in [1.29, 1.82) is 0 Å². The smallest absolute Gasteiger partial charge is 0.340 e. The summed E-state index contributed by atoms with van der Waals surface area (Å²) < 4.78 is 4.43. The van der Waals surface area contributed by atoms with Crippen LogP contribution in [0.15, 0.2) is 21.8 Å². The van der Waals surface area contributed by atoms with Gasteiger partial charge in [0, 0.05) is 19.5 Å². The van der Waals surface area contributed by atoms with Gasteiger partial charge in [-0.3, -0.25) is 9.98 Å². The van der Waals surface area contributed by atoms with E-state index in [0.29, 0.717) is 0 Å². The van der Waals surface area contributed by atoms with Crippen LogP contribution >= 0.6 is 0 Å². The van der Waals surface area contributed by atoms with Crippen LogP contribution in [0.2, 0.25) is 0 Å². The third-order valence-corrected chi connectivity index (χ3v) is 0.920. The summed E-state index contributed by atoms with van der Waals surface area (Å²) in [6.07, 6.45) is 2.65. The van der Waals surface area contributed by atoms with Crippen LogP contribution < -0.4 is 0 Å². The first-order valence-electron chi connectivity index (χ1n) is 2.92. The van der Waals surface area contributed by atoms with Crippen LogP contribution in [0.5, 0.6) is 0 Å². The molecular weight excluding hydrogens is 144 g/mol. The van der Waals surface area contributed by atoms with Gasteiger partial charge in [0.05, 0.1) is 12.7 Å². The lowest BCUT2D eigenvalue weighted by Crippen LogP contribution is -2.05. The van der Waals surface area contributed by atoms with Crippen molar-refractivity contribution in [2.45, 2.75) is 0 Å². The van der Waals surface area contributed by atoms with E-state index in [1.54, 1.807) is 7.05 Å². The molecule has 0 aliphatic carbocycles. The Balaban J connectivity index is 4.46. The molecule has 11 heavy (non-hydrogen) atoms. The van der Waals surface area contributed by atoms with Crippen LogP contribution in [0.25, 0.3) is 0 Å². The molecule has 0 unspecified atom stereocenters. The Morgan fingerprint density at radius 3 is 2.64 bits per heavy atom. The summed E-state index contributed by atoms with van der Waals surface area (Å²) in [6, 6.07) is 0. The standard InChI is InChI=1S/C7H10N2O2/c1-8-4-6(5-9-2)7(10)11-3/h4-5H,1H2,2-3H3/b6-4+,9-5?. The molecule has 60 valence electrons. The summed E-state index contributed by atoms with van der Waals surface area (Å²) in [4.78, 5) is 17.9. The molecule has 0 aromatic rings. The van der Waals surface area contributed by atoms with Gasteiger partial charge >= 0.3 is 5.97 Å². The van der Waals surface area contributed by atoms with Gasteiger partial charge in [0.25, 0.3) is 0 Å². The number of aliphatic imine (C=N–C) groups is 2. The zero-order valence-electron chi connectivity index (χ0n) is 6.57. The molecule has 0 fully saturated rings. The predicted octanol–water partition coefficient (Wildman–Crippen LogP) is 0.444. The molecule has 0 N–H and O–H groups in total. The summed E-state index contributed by atoms with van der Waals surface area (Å²) in [5.41, 5.74) is 0.282. The zero-order valence-corrected chi connectivity index (χ0v) is 6.57. The Labute approximate surface area is 65.3 Å². The number of methoxy groups -OCH3 is 1. The molecule has 0 saturated carbocycles. The van der Waals surface area contributed by atoms with Gasteiger partial charge in [-0.2, -0.15) is 0 Å². The fourth-order valence-electron chi connectivity index (χ4n) is 0.494. The second kappa shape index (κ2) is 5.34. The molecule has 0 spiro atoms. The highest BCUT2D eigenvalue weighted by atomic mass is 16.5. The number of rotatable bonds is 3. The van der Waals surface area contributed by atoms with Crippen LogP contribution in [0.4, 0.5) is 0 Å². The first-order valence-corrected chi connectivity index (χ1v) is 2.92. The van der Waals surface area contributed by atoms with Gasteiger partial charge in [0.15, 0.2) is 0 Å². The number of esters is 1. The monoisotopic (exact) mass is 154 g/mol. The zero-order chi connectivity index (χ0) is 8.69. The number of carbonyl (C=O) groups is 1. The lowest BCUT2D eigenvalue weighted by molar-refractivity contribution is -0.135. The van der Waals surface area contributed by atoms with Crippen LogP contribution in [0, 0.1) is 0 Å². The number of ether oxygens (including phenoxy) is 1. The maximum atomic E-state index is 10.8. The Kier molecular flexibility index (Phi) is 4.64. The van der Waals surface area contributed by atoms with Gasteiger partial charge in [-0.1, -0.05) is 0 Å². The van der Waals surface area contributed by atoms with Crippen LogP contribution in [0.3, 0.4) is 0 Å². The number of hydrogen-bond donors (Lipinski definition) is 0. The molecule has 0 radical (unpaired) electrons. The Morgan fingerprint density at radius 1 is 1.64 bits per heavy atom. The molecular formula is C7H10N2O2. The average molecular weight is 154 g/mol. The van der Waals surface area contributed by atoms with Crippen molar-refractivity contribution >= 4 is 18.9 Å². The summed E-state index contributed by atoms with van der Waals surface area (Å²) >= 11 is 0. The third-order valence-electron chi connectivity index (χ3n) is 0.920. The molecule has 4 heteroatoms. The van der Waals surface area contributed by atoms with Gasteiger partial charge in [-0.05, 0) is 6.72 Å². The molecule has 0 rings (SSSR count). The Hall–Kier alpha value is -1.45. The van der Waals surface area contributed by atoms with E-state index in [1.807, 2.05) is 0 Å². The Bertz CT molecular complexity index is 206. The number of carbonyl (C=O) groups excluding carboxylic acids is 1. The minimum absolute atomic E-state index is 0.282. The van der Waals surface area contributed by atoms with Gasteiger partial charge in [-0.25, -0.2) is 4.79 Å². The summed E-state index contributed by atoms with van der Waals surface area (Å²) in [5, 5.41) is 0. The van der Waals surface area contributed by atoms with Crippen molar-refractivity contribution in [3.8, 4) is 0 Å². The van der Waals surface area contributed by atoms with E-state index in [4.69, 9.17) is 0 Å². The highest BCUT2D eigenvalue weighted by Crippen LogP contribution is 1.93. The molecule has 0 amide bonds. The molecule has 4 nitrogen and oxygen atoms in total. The van der Waals surface area contributed by atoms with E-state index >= 15 is 0 Å². The first kappa shape index (κ1) is 9.55. The summed E-state index contributed by atoms with van der Waals surface area (Å²) in [5.74, 6) is -0.469. The van der Waals surface area contributed by atoms with E-state index in [1.165, 1.54) is 19.5 Å². The number of nitrogens with zero attached hydrogens (tertiary/aromatic N) is 2. The molecule has 0 aliphatic rings. The second-order valence-corrected chi connectivity index (χ2v) is 1.65. The number of hydrogen-bond acceptors (Lipinski definition) is 4. The highest BCUT2D eigenvalue weighted by Gasteiger charge is 2.04. The van der Waals surface area contributed by atoms with Crippen LogP contribution in [0.1, 0.15) is 0 Å². The van der Waals surface area contributed by atoms with E-state index in [0.717, 1.165) is 0 Å². The SMILES string of the molecule is C=N/C=C(\C=NC)C(=O)OC. The van der Waals surface area contributed by atoms with Gasteiger partial charge in [0.2, 0.25) is 0 Å². The lowest BCUT2D eigenvalue weighted by atomic mass is 10.3. The van der Waals surface area contributed by atoms with Crippen LogP contribution in [-0.4, -0.2) is 33.1 Å². The molecule has 0 aromatic carbocycles. The van der Waals surface area contributed by atoms with Crippen LogP contribution in [-0.2, 0) is 9.53 Å². The topological polar surface area (TPSA) is 51.0 Å². The Morgan fingerprint density at radius 2 is 2.27 bits per heavy atom. The maximum absolute atomic E-state index is 10.8. The summed E-state index contributed by atoms with van der Waals surface area (Å²) in [6.45, 7) is 3.20. The minimum atomic E-state index is -0.469. The van der Waals surface area contributed by atoms with Crippen molar-refractivity contribution in [3.63, 3.8) is 0 Å². The lowest BCUT2D eigenvalue weighted by Gasteiger charge is -1.95. The van der Waals surface area contributed by atoms with Crippen molar-refractivity contribution in [1.82, 2.24) is 0 Å². The molecule has 0 aliphatic heterocycles. The minimum Gasteiger partial charge on any atom is -0.465 e. The largest absolute Gasteiger partial charge is 0.465 e. The second-order valence-electron chi connectivity index (χ2n) is 1.65. The highest BCUT2D eigenvalue weighted by molar-refractivity contribution is 6.09. The van der Waals surface area contributed by atoms with Crippen molar-refractivity contribution in [2.75, 3.05) is 14.2 Å². The van der Waals surface area contributed by atoms with E-state index in [2.05, 4.69) is 21.4 Å². The molecule has 0 atom stereocenters. The molecule has 0 saturated heterocycles. The van der Waals surface area contributed by atoms with Gasteiger partial charge < -0.3 is 4.74 Å². The van der Waals surface area contributed by atoms with Gasteiger partial charge in [0.1, 0.15) is 0 Å². The summed E-state index contributed by atoms with van der Waals surface area (Å²) in [7, 11) is 2.85. The van der Waals surface area contributed by atoms with E-state index in [-0.39, 0.29) is 5.57 Å². The quantitative estimate of drug-likeness (QED) is 0.336. The predicted molar refractivity (Wildman–Crippen MR) is 44.1 cm³/mol. The van der Waals surface area contributed by atoms with Gasteiger partial charge in [-0.15, -0.1) is 0 Å².